The lowest BCUT2D eigenvalue weighted by Crippen LogP contribution is -2.41. The van der Waals surface area contributed by atoms with Crippen molar-refractivity contribution in [3.63, 3.8) is 0 Å². The number of hydrogen-bond acceptors (Lipinski definition) is 3. The van der Waals surface area contributed by atoms with E-state index < -0.39 is 0 Å². The highest BCUT2D eigenvalue weighted by Crippen LogP contribution is 2.20. The predicted octanol–water partition coefficient (Wildman–Crippen LogP) is 2.03. The van der Waals surface area contributed by atoms with E-state index in [-0.39, 0.29) is 18.4 Å². The van der Waals surface area contributed by atoms with Gasteiger partial charge < -0.3 is 15.0 Å². The highest BCUT2D eigenvalue weighted by atomic mass is 16.5. The largest absolute Gasteiger partial charge is 0.370 e. The normalized spacial score (nSPS) is 15.6. The van der Waals surface area contributed by atoms with Crippen LogP contribution in [0.3, 0.4) is 0 Å². The number of morpholine rings is 1. The highest BCUT2D eigenvalue weighted by Gasteiger charge is 2.19. The molecule has 1 aromatic rings. The Balaban J connectivity index is 1.99. The average Bonchev–Trinajstić information content (AvgIpc) is 2.39. The standard InChI is InChI=1S/C15H20N2O3/c1-11(2)9-14(18)16-12-3-5-13(6-4-12)17-7-8-20-10-15(17)19/h3-6,11H,7-10H2,1-2H3,(H,16,18). The molecule has 1 aliphatic rings. The van der Waals surface area contributed by atoms with Crippen LogP contribution in [-0.2, 0) is 14.3 Å². The van der Waals surface area contributed by atoms with Gasteiger partial charge in [-0.05, 0) is 30.2 Å². The quantitative estimate of drug-likeness (QED) is 0.915. The summed E-state index contributed by atoms with van der Waals surface area (Å²) in [5.41, 5.74) is 1.58. The lowest BCUT2D eigenvalue weighted by atomic mass is 10.1. The van der Waals surface area contributed by atoms with Crippen LogP contribution in [0.4, 0.5) is 11.4 Å². The molecule has 2 amide bonds. The molecule has 1 aliphatic heterocycles. The summed E-state index contributed by atoms with van der Waals surface area (Å²) < 4.78 is 5.10. The molecule has 1 aromatic carbocycles. The highest BCUT2D eigenvalue weighted by molar-refractivity contribution is 5.95. The SMILES string of the molecule is CC(C)CC(=O)Nc1ccc(N2CCOCC2=O)cc1. The van der Waals surface area contributed by atoms with Gasteiger partial charge in [0.15, 0.2) is 0 Å². The van der Waals surface area contributed by atoms with Gasteiger partial charge in [0.05, 0.1) is 6.61 Å². The Bertz CT molecular complexity index is 482. The lowest BCUT2D eigenvalue weighted by Gasteiger charge is -2.26. The lowest BCUT2D eigenvalue weighted by molar-refractivity contribution is -0.125. The molecular weight excluding hydrogens is 256 g/mol. The topological polar surface area (TPSA) is 58.6 Å². The molecule has 0 aliphatic carbocycles. The first-order valence-electron chi connectivity index (χ1n) is 6.84. The minimum atomic E-state index is -0.0344. The van der Waals surface area contributed by atoms with Gasteiger partial charge in [-0.3, -0.25) is 9.59 Å². The van der Waals surface area contributed by atoms with Crippen LogP contribution in [0.15, 0.2) is 24.3 Å². The van der Waals surface area contributed by atoms with Crippen molar-refractivity contribution in [2.24, 2.45) is 5.92 Å². The van der Waals surface area contributed by atoms with E-state index in [2.05, 4.69) is 5.32 Å². The van der Waals surface area contributed by atoms with E-state index in [9.17, 15) is 9.59 Å². The molecule has 0 atom stereocenters. The summed E-state index contributed by atoms with van der Waals surface area (Å²) in [6, 6.07) is 7.31. The number of anilines is 2. The van der Waals surface area contributed by atoms with Crippen LogP contribution in [0.25, 0.3) is 0 Å². The number of nitrogens with zero attached hydrogens (tertiary/aromatic N) is 1. The molecule has 0 aromatic heterocycles. The fraction of sp³-hybridized carbons (Fsp3) is 0.467. The maximum atomic E-state index is 11.7. The summed E-state index contributed by atoms with van der Waals surface area (Å²) in [6.45, 7) is 5.27. The van der Waals surface area contributed by atoms with Gasteiger partial charge >= 0.3 is 0 Å². The molecule has 2 rings (SSSR count). The summed E-state index contributed by atoms with van der Waals surface area (Å²) in [7, 11) is 0. The van der Waals surface area contributed by atoms with Gasteiger partial charge in [0.2, 0.25) is 5.91 Å². The summed E-state index contributed by atoms with van der Waals surface area (Å²) in [5, 5.41) is 2.85. The van der Waals surface area contributed by atoms with Crippen LogP contribution in [0, 0.1) is 5.92 Å². The molecule has 0 spiro atoms. The molecule has 108 valence electrons. The Hall–Kier alpha value is -1.88. The van der Waals surface area contributed by atoms with Crippen LogP contribution < -0.4 is 10.2 Å². The van der Waals surface area contributed by atoms with Crippen LogP contribution in [0.2, 0.25) is 0 Å². The predicted molar refractivity (Wildman–Crippen MR) is 77.7 cm³/mol. The number of nitrogens with one attached hydrogen (secondary N) is 1. The van der Waals surface area contributed by atoms with Crippen molar-refractivity contribution in [1.29, 1.82) is 0 Å². The zero-order valence-electron chi connectivity index (χ0n) is 11.9. The molecule has 1 fully saturated rings. The van der Waals surface area contributed by atoms with Gasteiger partial charge in [0, 0.05) is 24.3 Å². The Kier molecular flexibility index (Phi) is 4.74. The fourth-order valence-electron chi connectivity index (χ4n) is 2.10. The second-order valence-electron chi connectivity index (χ2n) is 5.29. The molecule has 0 unspecified atom stereocenters. The number of hydrogen-bond donors (Lipinski definition) is 1. The van der Waals surface area contributed by atoms with Crippen LogP contribution in [0.5, 0.6) is 0 Å². The first-order chi connectivity index (χ1) is 9.56. The van der Waals surface area contributed by atoms with Gasteiger partial charge in [-0.2, -0.15) is 0 Å². The van der Waals surface area contributed by atoms with Crippen molar-refractivity contribution in [2.45, 2.75) is 20.3 Å². The Morgan fingerprint density at radius 2 is 2.05 bits per heavy atom. The maximum Gasteiger partial charge on any atom is 0.253 e. The van der Waals surface area contributed by atoms with Crippen molar-refractivity contribution in [3.8, 4) is 0 Å². The third kappa shape index (κ3) is 3.81. The third-order valence-corrected chi connectivity index (χ3v) is 3.04. The number of rotatable bonds is 4. The van der Waals surface area contributed by atoms with Crippen LogP contribution >= 0.6 is 0 Å². The van der Waals surface area contributed by atoms with Crippen molar-refractivity contribution >= 4 is 23.2 Å². The molecular formula is C15H20N2O3. The smallest absolute Gasteiger partial charge is 0.253 e. The van der Waals surface area contributed by atoms with Gasteiger partial charge in [-0.1, -0.05) is 13.8 Å². The van der Waals surface area contributed by atoms with Crippen molar-refractivity contribution in [1.82, 2.24) is 0 Å². The number of amides is 2. The van der Waals surface area contributed by atoms with Crippen molar-refractivity contribution < 1.29 is 14.3 Å². The van der Waals surface area contributed by atoms with Crippen LogP contribution in [-0.4, -0.2) is 31.6 Å². The summed E-state index contributed by atoms with van der Waals surface area (Å²) in [6.07, 6.45) is 0.504. The van der Waals surface area contributed by atoms with Crippen molar-refractivity contribution in [3.05, 3.63) is 24.3 Å². The van der Waals surface area contributed by atoms with Gasteiger partial charge in [0.25, 0.3) is 5.91 Å². The molecule has 0 bridgehead atoms. The van der Waals surface area contributed by atoms with E-state index in [0.29, 0.717) is 25.5 Å². The minimum absolute atomic E-state index is 0.00944. The Morgan fingerprint density at radius 3 is 2.65 bits per heavy atom. The summed E-state index contributed by atoms with van der Waals surface area (Å²) >= 11 is 0. The zero-order chi connectivity index (χ0) is 14.5. The monoisotopic (exact) mass is 276 g/mol. The maximum absolute atomic E-state index is 11.7. The summed E-state index contributed by atoms with van der Waals surface area (Å²) in [5.74, 6) is 0.309. The van der Waals surface area contributed by atoms with E-state index in [1.54, 1.807) is 4.90 Å². The molecule has 1 heterocycles. The van der Waals surface area contributed by atoms with E-state index in [4.69, 9.17) is 4.74 Å². The molecule has 1 saturated heterocycles. The Labute approximate surface area is 118 Å². The number of carbonyl (C=O) groups excluding carboxylic acids is 2. The Morgan fingerprint density at radius 1 is 1.35 bits per heavy atom. The third-order valence-electron chi connectivity index (χ3n) is 3.04. The molecule has 0 saturated carbocycles. The van der Waals surface area contributed by atoms with Gasteiger partial charge in [-0.15, -0.1) is 0 Å². The molecule has 20 heavy (non-hydrogen) atoms. The van der Waals surface area contributed by atoms with Crippen molar-refractivity contribution in [2.75, 3.05) is 30.0 Å². The molecule has 1 N–H and O–H groups in total. The number of benzene rings is 1. The first kappa shape index (κ1) is 14.5. The first-order valence-corrected chi connectivity index (χ1v) is 6.84. The zero-order valence-corrected chi connectivity index (χ0v) is 11.9. The average molecular weight is 276 g/mol. The minimum Gasteiger partial charge on any atom is -0.370 e. The van der Waals surface area contributed by atoms with Gasteiger partial charge in [-0.25, -0.2) is 0 Å². The summed E-state index contributed by atoms with van der Waals surface area (Å²) in [4.78, 5) is 25.1. The van der Waals surface area contributed by atoms with E-state index in [0.717, 1.165) is 11.4 Å². The van der Waals surface area contributed by atoms with Crippen LogP contribution in [0.1, 0.15) is 20.3 Å². The van der Waals surface area contributed by atoms with E-state index >= 15 is 0 Å². The second-order valence-corrected chi connectivity index (χ2v) is 5.29. The van der Waals surface area contributed by atoms with Gasteiger partial charge in [0.1, 0.15) is 6.61 Å². The molecule has 0 radical (unpaired) electrons. The van der Waals surface area contributed by atoms with E-state index in [1.807, 2.05) is 38.1 Å². The second kappa shape index (κ2) is 6.52. The number of carbonyl (C=O) groups is 2. The van der Waals surface area contributed by atoms with E-state index in [1.165, 1.54) is 0 Å². The fourth-order valence-corrected chi connectivity index (χ4v) is 2.10. The molecule has 5 heteroatoms. The molecule has 5 nitrogen and oxygen atoms in total. The number of ether oxygens (including phenoxy) is 1.